The lowest BCUT2D eigenvalue weighted by Crippen LogP contribution is -2.18. The highest BCUT2D eigenvalue weighted by Gasteiger charge is 2.18. The van der Waals surface area contributed by atoms with Gasteiger partial charge in [-0.15, -0.1) is 0 Å². The summed E-state index contributed by atoms with van der Waals surface area (Å²) in [5.74, 6) is 0. The highest BCUT2D eigenvalue weighted by Crippen LogP contribution is 2.26. The van der Waals surface area contributed by atoms with Crippen molar-refractivity contribution in [3.63, 3.8) is 0 Å². The molecule has 1 rings (SSSR count). The van der Waals surface area contributed by atoms with E-state index in [1.54, 1.807) is 0 Å². The first-order valence-electron chi connectivity index (χ1n) is 4.60. The zero-order valence-electron chi connectivity index (χ0n) is 8.82. The Morgan fingerprint density at radius 3 is 1.92 bits per heavy atom. The Morgan fingerprint density at radius 2 is 1.54 bits per heavy atom. The monoisotopic (exact) mass is 240 g/mol. The predicted molar refractivity (Wildman–Crippen MR) is 62.7 cm³/mol. The van der Waals surface area contributed by atoms with E-state index >= 15 is 0 Å². The zero-order valence-corrected chi connectivity index (χ0v) is 10.4. The van der Waals surface area contributed by atoms with Crippen molar-refractivity contribution < 1.29 is 0 Å². The maximum atomic E-state index is 3.56. The number of hydrogen-bond acceptors (Lipinski definition) is 0. The second-order valence-corrected chi connectivity index (χ2v) is 4.95. The number of halogens is 1. The molecule has 0 aliphatic heterocycles. The summed E-state index contributed by atoms with van der Waals surface area (Å²) in [6, 6.07) is 6.76. The molecule has 1 aromatic rings. The third-order valence-electron chi connectivity index (χ3n) is 2.34. The van der Waals surface area contributed by atoms with E-state index in [9.17, 15) is 0 Å². The van der Waals surface area contributed by atoms with Gasteiger partial charge in [0, 0.05) is 5.33 Å². The van der Waals surface area contributed by atoms with Crippen molar-refractivity contribution in [2.24, 2.45) is 0 Å². The number of benzene rings is 1. The van der Waals surface area contributed by atoms with Crippen LogP contribution in [0, 0.1) is 13.8 Å². The second-order valence-electron chi connectivity index (χ2n) is 4.39. The minimum atomic E-state index is 0.233. The fraction of sp³-hybridized carbons (Fsp3) is 0.500. The van der Waals surface area contributed by atoms with E-state index in [4.69, 9.17) is 0 Å². The van der Waals surface area contributed by atoms with Gasteiger partial charge in [0.15, 0.2) is 0 Å². The fourth-order valence-electron chi connectivity index (χ4n) is 1.44. The van der Waals surface area contributed by atoms with Gasteiger partial charge in [-0.2, -0.15) is 0 Å². The van der Waals surface area contributed by atoms with Crippen LogP contribution in [0.4, 0.5) is 0 Å². The van der Waals surface area contributed by atoms with Gasteiger partial charge < -0.3 is 0 Å². The van der Waals surface area contributed by atoms with Gasteiger partial charge in [-0.05, 0) is 24.8 Å². The first kappa shape index (κ1) is 10.8. The lowest BCUT2D eigenvalue weighted by molar-refractivity contribution is 0.605. The molecule has 0 radical (unpaired) electrons. The topological polar surface area (TPSA) is 0 Å². The second kappa shape index (κ2) is 3.83. The van der Waals surface area contributed by atoms with E-state index in [0.717, 1.165) is 5.33 Å². The molecule has 0 saturated carbocycles. The van der Waals surface area contributed by atoms with E-state index in [0.29, 0.717) is 0 Å². The van der Waals surface area contributed by atoms with Crippen LogP contribution < -0.4 is 0 Å². The Kier molecular flexibility index (Phi) is 3.18. The van der Waals surface area contributed by atoms with E-state index in [1.807, 2.05) is 0 Å². The van der Waals surface area contributed by atoms with Crippen LogP contribution in [-0.4, -0.2) is 5.33 Å². The standard InChI is InChI=1S/C12H17Br/c1-9-5-10(2)7-11(6-9)12(3,4)8-13/h5-7H,8H2,1-4H3. The van der Waals surface area contributed by atoms with Crippen LogP contribution in [0.3, 0.4) is 0 Å². The smallest absolute Gasteiger partial charge is 0.0123 e. The summed E-state index contributed by atoms with van der Waals surface area (Å²) >= 11 is 3.56. The molecule has 0 unspecified atom stereocenters. The van der Waals surface area contributed by atoms with Crippen molar-refractivity contribution in [3.05, 3.63) is 34.9 Å². The molecule has 0 aromatic heterocycles. The molecule has 0 amide bonds. The summed E-state index contributed by atoms with van der Waals surface area (Å²) < 4.78 is 0. The van der Waals surface area contributed by atoms with Crippen LogP contribution in [0.15, 0.2) is 18.2 Å². The van der Waals surface area contributed by atoms with Crippen LogP contribution in [-0.2, 0) is 5.41 Å². The maximum Gasteiger partial charge on any atom is 0.0123 e. The normalized spacial score (nSPS) is 11.8. The Bertz CT molecular complexity index is 280. The van der Waals surface area contributed by atoms with E-state index in [-0.39, 0.29) is 5.41 Å². The van der Waals surface area contributed by atoms with Crippen LogP contribution in [0.25, 0.3) is 0 Å². The number of aryl methyl sites for hydroxylation is 2. The molecule has 0 bridgehead atoms. The largest absolute Gasteiger partial charge is 0.0919 e. The third-order valence-corrected chi connectivity index (χ3v) is 3.74. The maximum absolute atomic E-state index is 3.56. The Morgan fingerprint density at radius 1 is 1.08 bits per heavy atom. The minimum Gasteiger partial charge on any atom is -0.0919 e. The molecule has 1 aromatic carbocycles. The molecular weight excluding hydrogens is 224 g/mol. The summed E-state index contributed by atoms with van der Waals surface area (Å²) in [6.07, 6.45) is 0. The molecule has 0 fully saturated rings. The van der Waals surface area contributed by atoms with Gasteiger partial charge in [-0.1, -0.05) is 59.1 Å². The van der Waals surface area contributed by atoms with Gasteiger partial charge in [0.2, 0.25) is 0 Å². The first-order valence-corrected chi connectivity index (χ1v) is 5.72. The molecule has 1 heteroatoms. The number of hydrogen-bond donors (Lipinski definition) is 0. The molecule has 0 spiro atoms. The van der Waals surface area contributed by atoms with Crippen LogP contribution in [0.1, 0.15) is 30.5 Å². The molecule has 0 heterocycles. The molecule has 13 heavy (non-hydrogen) atoms. The molecule has 72 valence electrons. The van der Waals surface area contributed by atoms with Gasteiger partial charge in [0.05, 0.1) is 0 Å². The SMILES string of the molecule is Cc1cc(C)cc(C(C)(C)CBr)c1. The Labute approximate surface area is 89.5 Å². The molecular formula is C12H17Br. The van der Waals surface area contributed by atoms with Crippen molar-refractivity contribution in [2.75, 3.05) is 5.33 Å². The van der Waals surface area contributed by atoms with Crippen molar-refractivity contribution in [3.8, 4) is 0 Å². The first-order chi connectivity index (χ1) is 5.95. The number of alkyl halides is 1. The van der Waals surface area contributed by atoms with E-state index < -0.39 is 0 Å². The van der Waals surface area contributed by atoms with E-state index in [1.165, 1.54) is 16.7 Å². The van der Waals surface area contributed by atoms with Gasteiger partial charge in [0.1, 0.15) is 0 Å². The molecule has 0 atom stereocenters. The summed E-state index contributed by atoms with van der Waals surface area (Å²) in [6.45, 7) is 8.83. The summed E-state index contributed by atoms with van der Waals surface area (Å²) in [4.78, 5) is 0. The Hall–Kier alpha value is -0.300. The molecule has 0 nitrogen and oxygen atoms in total. The quantitative estimate of drug-likeness (QED) is 0.687. The van der Waals surface area contributed by atoms with E-state index in [2.05, 4.69) is 61.8 Å². The van der Waals surface area contributed by atoms with Crippen LogP contribution >= 0.6 is 15.9 Å². The summed E-state index contributed by atoms with van der Waals surface area (Å²) in [5.41, 5.74) is 4.35. The van der Waals surface area contributed by atoms with Crippen LogP contribution in [0.5, 0.6) is 0 Å². The van der Waals surface area contributed by atoms with Crippen LogP contribution in [0.2, 0.25) is 0 Å². The molecule has 0 aliphatic carbocycles. The number of rotatable bonds is 2. The predicted octanol–water partition coefficient (Wildman–Crippen LogP) is 3.98. The molecule has 0 N–H and O–H groups in total. The average molecular weight is 241 g/mol. The molecule has 0 aliphatic rings. The highest BCUT2D eigenvalue weighted by molar-refractivity contribution is 9.09. The fourth-order valence-corrected chi connectivity index (χ4v) is 1.77. The van der Waals surface area contributed by atoms with Crippen molar-refractivity contribution >= 4 is 15.9 Å². The molecule has 0 saturated heterocycles. The van der Waals surface area contributed by atoms with Crippen molar-refractivity contribution in [1.82, 2.24) is 0 Å². The average Bonchev–Trinajstić information content (AvgIpc) is 2.02. The van der Waals surface area contributed by atoms with Gasteiger partial charge in [-0.3, -0.25) is 0 Å². The van der Waals surface area contributed by atoms with Gasteiger partial charge in [0.25, 0.3) is 0 Å². The zero-order chi connectivity index (χ0) is 10.1. The van der Waals surface area contributed by atoms with Gasteiger partial charge >= 0.3 is 0 Å². The lowest BCUT2D eigenvalue weighted by atomic mass is 9.85. The highest BCUT2D eigenvalue weighted by atomic mass is 79.9. The lowest BCUT2D eigenvalue weighted by Gasteiger charge is -2.23. The van der Waals surface area contributed by atoms with Crippen molar-refractivity contribution in [2.45, 2.75) is 33.1 Å². The van der Waals surface area contributed by atoms with Gasteiger partial charge in [-0.25, -0.2) is 0 Å². The third kappa shape index (κ3) is 2.57. The summed E-state index contributed by atoms with van der Waals surface area (Å²) in [5, 5.41) is 1.00. The Balaban J connectivity index is 3.15. The summed E-state index contributed by atoms with van der Waals surface area (Å²) in [7, 11) is 0. The van der Waals surface area contributed by atoms with Crippen molar-refractivity contribution in [1.29, 1.82) is 0 Å². The minimum absolute atomic E-state index is 0.233.